The van der Waals surface area contributed by atoms with E-state index in [9.17, 15) is 8.42 Å². The Balaban J connectivity index is 2.93. The minimum atomic E-state index is -3.67. The van der Waals surface area contributed by atoms with Gasteiger partial charge in [-0.05, 0) is 25.4 Å². The van der Waals surface area contributed by atoms with Crippen molar-refractivity contribution >= 4 is 21.6 Å². The predicted octanol–water partition coefficient (Wildman–Crippen LogP) is 0.833. The molecule has 0 aliphatic carbocycles. The molecule has 1 rings (SSSR count). The van der Waals surface area contributed by atoms with Gasteiger partial charge in [0.2, 0.25) is 15.3 Å². The molecule has 6 nitrogen and oxygen atoms in total. The quantitative estimate of drug-likeness (QED) is 0.808. The summed E-state index contributed by atoms with van der Waals surface area (Å²) < 4.78 is 31.3. The second-order valence-corrected chi connectivity index (χ2v) is 6.13. The highest BCUT2D eigenvalue weighted by Crippen LogP contribution is 2.12. The minimum absolute atomic E-state index is 0.0000942. The van der Waals surface area contributed by atoms with Crippen LogP contribution < -0.4 is 4.72 Å². The molecule has 0 amide bonds. The van der Waals surface area contributed by atoms with E-state index in [0.29, 0.717) is 0 Å². The molecule has 1 aromatic heterocycles. The third-order valence-corrected chi connectivity index (χ3v) is 3.67. The molecule has 1 aromatic rings. The Morgan fingerprint density at radius 1 is 1.41 bits per heavy atom. The maximum absolute atomic E-state index is 11.9. The molecule has 0 aliphatic heterocycles. The Bertz CT molecular complexity index is 473. The van der Waals surface area contributed by atoms with E-state index in [1.165, 1.54) is 7.11 Å². The first-order chi connectivity index (χ1) is 7.77. The number of methoxy groups -OCH3 is 1. The Morgan fingerprint density at radius 2 is 1.94 bits per heavy atom. The highest BCUT2D eigenvalue weighted by Gasteiger charge is 2.26. The van der Waals surface area contributed by atoms with E-state index in [0.717, 1.165) is 12.4 Å². The average molecular weight is 280 g/mol. The Hall–Kier alpha value is -0.760. The van der Waals surface area contributed by atoms with E-state index in [-0.39, 0.29) is 16.8 Å². The van der Waals surface area contributed by atoms with Crippen LogP contribution in [0.15, 0.2) is 17.3 Å². The fraction of sp³-hybridized carbons (Fsp3) is 0.556. The normalized spacial score (nSPS) is 12.7. The zero-order valence-electron chi connectivity index (χ0n) is 9.77. The zero-order valence-corrected chi connectivity index (χ0v) is 11.3. The molecule has 0 radical (unpaired) electrons. The summed E-state index contributed by atoms with van der Waals surface area (Å²) in [6, 6.07) is 0. The SMILES string of the molecule is COCC(C)(C)NS(=O)(=O)c1cnc(Cl)nc1. The molecule has 0 saturated heterocycles. The second kappa shape index (κ2) is 5.26. The number of rotatable bonds is 5. The van der Waals surface area contributed by atoms with Crippen molar-refractivity contribution in [3.8, 4) is 0 Å². The summed E-state index contributed by atoms with van der Waals surface area (Å²) in [5.74, 6) is 0. The number of sulfonamides is 1. The molecule has 0 fully saturated rings. The van der Waals surface area contributed by atoms with Gasteiger partial charge in [-0.3, -0.25) is 0 Å². The maximum Gasteiger partial charge on any atom is 0.244 e. The minimum Gasteiger partial charge on any atom is -0.383 e. The summed E-state index contributed by atoms with van der Waals surface area (Å²) in [5, 5.41) is 0.0000942. The lowest BCUT2D eigenvalue weighted by molar-refractivity contribution is 0.141. The monoisotopic (exact) mass is 279 g/mol. The van der Waals surface area contributed by atoms with Crippen LogP contribution >= 0.6 is 11.6 Å². The van der Waals surface area contributed by atoms with Crippen LogP contribution in [-0.4, -0.2) is 37.6 Å². The molecule has 1 heterocycles. The number of halogens is 1. The maximum atomic E-state index is 11.9. The van der Waals surface area contributed by atoms with Gasteiger partial charge in [-0.15, -0.1) is 0 Å². The van der Waals surface area contributed by atoms with E-state index < -0.39 is 15.6 Å². The van der Waals surface area contributed by atoms with Gasteiger partial charge in [0.15, 0.2) is 0 Å². The predicted molar refractivity (Wildman–Crippen MR) is 63.3 cm³/mol. The van der Waals surface area contributed by atoms with Crippen molar-refractivity contribution in [1.29, 1.82) is 0 Å². The Labute approximate surface area is 105 Å². The van der Waals surface area contributed by atoms with Crippen LogP contribution in [0.5, 0.6) is 0 Å². The van der Waals surface area contributed by atoms with Crippen molar-refractivity contribution in [2.45, 2.75) is 24.3 Å². The highest BCUT2D eigenvalue weighted by atomic mass is 35.5. The van der Waals surface area contributed by atoms with Crippen LogP contribution in [0.3, 0.4) is 0 Å². The molecule has 0 unspecified atom stereocenters. The summed E-state index contributed by atoms with van der Waals surface area (Å²) in [4.78, 5) is 7.21. The molecule has 0 spiro atoms. The van der Waals surface area contributed by atoms with E-state index in [1.54, 1.807) is 13.8 Å². The summed E-state index contributed by atoms with van der Waals surface area (Å²) >= 11 is 5.49. The summed E-state index contributed by atoms with van der Waals surface area (Å²) in [7, 11) is -2.17. The van der Waals surface area contributed by atoms with Crippen LogP contribution in [0, 0.1) is 0 Å². The topological polar surface area (TPSA) is 81.2 Å². The molecule has 96 valence electrons. The number of ether oxygens (including phenoxy) is 1. The van der Waals surface area contributed by atoms with Gasteiger partial charge in [-0.25, -0.2) is 23.1 Å². The van der Waals surface area contributed by atoms with Crippen molar-refractivity contribution < 1.29 is 13.2 Å². The van der Waals surface area contributed by atoms with Gasteiger partial charge in [0.05, 0.1) is 24.5 Å². The first-order valence-corrected chi connectivity index (χ1v) is 6.63. The largest absolute Gasteiger partial charge is 0.383 e. The van der Waals surface area contributed by atoms with Gasteiger partial charge in [-0.1, -0.05) is 0 Å². The molecule has 0 aromatic carbocycles. The van der Waals surface area contributed by atoms with Crippen molar-refractivity contribution in [2.24, 2.45) is 0 Å². The zero-order chi connectivity index (χ0) is 13.1. The molecule has 0 bridgehead atoms. The van der Waals surface area contributed by atoms with Crippen LogP contribution in [0.1, 0.15) is 13.8 Å². The molecular formula is C9H14ClN3O3S. The fourth-order valence-corrected chi connectivity index (χ4v) is 2.64. The van der Waals surface area contributed by atoms with Crippen LogP contribution in [0.25, 0.3) is 0 Å². The van der Waals surface area contributed by atoms with Crippen molar-refractivity contribution in [3.05, 3.63) is 17.7 Å². The Morgan fingerprint density at radius 3 is 2.41 bits per heavy atom. The first kappa shape index (κ1) is 14.3. The van der Waals surface area contributed by atoms with Gasteiger partial charge < -0.3 is 4.74 Å². The lowest BCUT2D eigenvalue weighted by Gasteiger charge is -2.24. The van der Waals surface area contributed by atoms with Gasteiger partial charge in [-0.2, -0.15) is 0 Å². The van der Waals surface area contributed by atoms with Crippen molar-refractivity contribution in [3.63, 3.8) is 0 Å². The molecule has 1 N–H and O–H groups in total. The molecule has 0 atom stereocenters. The molecular weight excluding hydrogens is 266 g/mol. The Kier molecular flexibility index (Phi) is 4.42. The summed E-state index contributed by atoms with van der Waals surface area (Å²) in [6.07, 6.45) is 2.31. The summed E-state index contributed by atoms with van der Waals surface area (Å²) in [6.45, 7) is 3.68. The third kappa shape index (κ3) is 4.19. The van der Waals surface area contributed by atoms with Gasteiger partial charge in [0.25, 0.3) is 0 Å². The number of aromatic nitrogens is 2. The first-order valence-electron chi connectivity index (χ1n) is 4.77. The highest BCUT2D eigenvalue weighted by molar-refractivity contribution is 7.89. The second-order valence-electron chi connectivity index (χ2n) is 4.11. The van der Waals surface area contributed by atoms with Gasteiger partial charge >= 0.3 is 0 Å². The average Bonchev–Trinajstić information content (AvgIpc) is 2.16. The standard InChI is InChI=1S/C9H14ClN3O3S/c1-9(2,6-16-3)13-17(14,15)7-4-11-8(10)12-5-7/h4-5,13H,6H2,1-3H3. The van der Waals surface area contributed by atoms with E-state index >= 15 is 0 Å². The number of hydrogen-bond donors (Lipinski definition) is 1. The molecule has 0 aliphatic rings. The van der Waals surface area contributed by atoms with Gasteiger partial charge in [0, 0.05) is 7.11 Å². The smallest absolute Gasteiger partial charge is 0.244 e. The lowest BCUT2D eigenvalue weighted by atomic mass is 10.1. The number of hydrogen-bond acceptors (Lipinski definition) is 5. The fourth-order valence-electron chi connectivity index (χ4n) is 1.25. The number of nitrogens with one attached hydrogen (secondary N) is 1. The van der Waals surface area contributed by atoms with E-state index in [1.807, 2.05) is 0 Å². The molecule has 0 saturated carbocycles. The van der Waals surface area contributed by atoms with E-state index in [4.69, 9.17) is 16.3 Å². The van der Waals surface area contributed by atoms with Crippen LogP contribution in [-0.2, 0) is 14.8 Å². The van der Waals surface area contributed by atoms with Gasteiger partial charge in [0.1, 0.15) is 4.90 Å². The van der Waals surface area contributed by atoms with Crippen molar-refractivity contribution in [1.82, 2.24) is 14.7 Å². The molecule has 17 heavy (non-hydrogen) atoms. The third-order valence-electron chi connectivity index (χ3n) is 1.82. The van der Waals surface area contributed by atoms with Crippen molar-refractivity contribution in [2.75, 3.05) is 13.7 Å². The lowest BCUT2D eigenvalue weighted by Crippen LogP contribution is -2.46. The number of nitrogens with zero attached hydrogens (tertiary/aromatic N) is 2. The van der Waals surface area contributed by atoms with Crippen LogP contribution in [0.2, 0.25) is 5.28 Å². The molecule has 8 heteroatoms. The summed E-state index contributed by atoms with van der Waals surface area (Å²) in [5.41, 5.74) is -0.715. The van der Waals surface area contributed by atoms with Crippen LogP contribution in [0.4, 0.5) is 0 Å². The van der Waals surface area contributed by atoms with E-state index in [2.05, 4.69) is 14.7 Å².